The molecule has 0 fully saturated rings. The number of ether oxygens (including phenoxy) is 2. The number of fused-ring (bicyclic) bond motifs is 1. The molecular weight excluding hydrogens is 609 g/mol. The second kappa shape index (κ2) is 15.4. The fraction of sp³-hybridized carbons (Fsp3) is 0.355. The van der Waals surface area contributed by atoms with E-state index in [4.69, 9.17) is 21.1 Å². The zero-order valence-electron chi connectivity index (χ0n) is 25.6. The number of hydrogen-bond acceptors (Lipinski definition) is 8. The summed E-state index contributed by atoms with van der Waals surface area (Å²) in [7, 11) is 0. The molecule has 1 unspecified atom stereocenters. The smallest absolute Gasteiger partial charge is 0.425 e. The molecule has 11 nitrogen and oxygen atoms in total. The molecule has 224 valence electrons. The minimum atomic E-state index is -1.05. The molecule has 0 bridgehead atoms. The zero-order valence-corrected chi connectivity index (χ0v) is 29.5. The van der Waals surface area contributed by atoms with E-state index in [-0.39, 0.29) is 74.6 Å². The maximum Gasteiger partial charge on any atom is 1.00 e. The van der Waals surface area contributed by atoms with Crippen LogP contribution >= 0.6 is 11.6 Å². The first kappa shape index (κ1) is 34.0. The van der Waals surface area contributed by atoms with Crippen LogP contribution in [0, 0.1) is 5.92 Å². The second-order valence-corrected chi connectivity index (χ2v) is 10.9. The topological polar surface area (TPSA) is 130 Å². The van der Waals surface area contributed by atoms with E-state index in [2.05, 4.69) is 37.1 Å². The Morgan fingerprint density at radius 3 is 2.55 bits per heavy atom. The van der Waals surface area contributed by atoms with Gasteiger partial charge in [0.15, 0.2) is 10.8 Å². The molecule has 1 atom stereocenters. The summed E-state index contributed by atoms with van der Waals surface area (Å²) in [6.07, 6.45) is 3.58. The number of aromatic nitrogens is 7. The van der Waals surface area contributed by atoms with E-state index < -0.39 is 18.2 Å². The van der Waals surface area contributed by atoms with Crippen LogP contribution in [0.15, 0.2) is 54.7 Å². The predicted octanol–water partition coefficient (Wildman–Crippen LogP) is 3.15. The van der Waals surface area contributed by atoms with Crippen LogP contribution in [0.5, 0.6) is 0 Å². The average molecular weight is 643 g/mol. The molecule has 0 aliphatic heterocycles. The normalized spacial score (nSPS) is 11.9. The number of aromatic amines is 1. The number of hydrogen-bond donors (Lipinski definition) is 1. The minimum absolute atomic E-state index is 0. The maximum absolute atomic E-state index is 13.6. The Morgan fingerprint density at radius 1 is 1.05 bits per heavy atom. The van der Waals surface area contributed by atoms with Crippen molar-refractivity contribution in [3.63, 3.8) is 0 Å². The Bertz CT molecular complexity index is 1730. The average Bonchev–Trinajstić information content (AvgIpc) is 3.75. The van der Waals surface area contributed by atoms with Gasteiger partial charge in [0.25, 0.3) is 0 Å². The molecular formula is C31H34ClKN7O4+. The molecule has 0 amide bonds. The van der Waals surface area contributed by atoms with Gasteiger partial charge in [-0.15, -0.1) is 10.2 Å². The Balaban J connectivity index is 0.00000442. The van der Waals surface area contributed by atoms with E-state index in [0.29, 0.717) is 24.6 Å². The number of rotatable bonds is 12. The number of halogens is 1. The van der Waals surface area contributed by atoms with Crippen LogP contribution in [-0.2, 0) is 27.2 Å². The third-order valence-corrected chi connectivity index (χ3v) is 7.42. The summed E-state index contributed by atoms with van der Waals surface area (Å²) in [6.45, 7) is 7.74. The van der Waals surface area contributed by atoms with Crippen LogP contribution in [-0.4, -0.2) is 53.0 Å². The van der Waals surface area contributed by atoms with Crippen molar-refractivity contribution in [3.8, 4) is 17.1 Å². The van der Waals surface area contributed by atoms with E-state index in [1.54, 1.807) is 6.92 Å². The number of esters is 2. The van der Waals surface area contributed by atoms with Crippen molar-refractivity contribution in [3.05, 3.63) is 77.0 Å². The Labute approximate surface area is 303 Å². The number of para-hydroxylation sites is 1. The summed E-state index contributed by atoms with van der Waals surface area (Å²) in [5.41, 5.74) is 3.79. The van der Waals surface area contributed by atoms with E-state index in [1.165, 1.54) is 0 Å². The fourth-order valence-electron chi connectivity index (χ4n) is 4.93. The first-order valence-electron chi connectivity index (χ1n) is 14.4. The van der Waals surface area contributed by atoms with Gasteiger partial charge in [-0.1, -0.05) is 70.0 Å². The van der Waals surface area contributed by atoms with Gasteiger partial charge in [0.05, 0.1) is 17.7 Å². The summed E-state index contributed by atoms with van der Waals surface area (Å²) < 4.78 is 15.0. The van der Waals surface area contributed by atoms with Crippen molar-refractivity contribution in [2.45, 2.75) is 66.2 Å². The molecule has 5 rings (SSSR count). The largest absolute Gasteiger partial charge is 1.00 e. The number of nitrogens with zero attached hydrogens (tertiary/aromatic N) is 6. The van der Waals surface area contributed by atoms with Crippen LogP contribution in [0.1, 0.15) is 68.8 Å². The standard InChI is InChI=1S/C31H34ClN7O4.K/c1-5-7-15-25-33-28(32)27(30(41)43-31(19(3)4)42-26(40)6-2)39(25)18-20-11-10-14-23-21(20)16-17-38(23)24-13-9-8-12-22(24)29-34-36-37-35-29;/h8-14,16-17,19,31H,5-7,15,18H2,1-4H3,(H,34,35,36,37);/q;+1. The first-order valence-corrected chi connectivity index (χ1v) is 14.8. The number of imidazole rings is 1. The number of carbonyl (C=O) groups excluding carboxylic acids is 2. The van der Waals surface area contributed by atoms with Crippen molar-refractivity contribution in [1.29, 1.82) is 0 Å². The number of nitrogens with one attached hydrogen (secondary N) is 1. The third kappa shape index (κ3) is 7.32. The molecule has 44 heavy (non-hydrogen) atoms. The van der Waals surface area contributed by atoms with Crippen LogP contribution in [0.3, 0.4) is 0 Å². The van der Waals surface area contributed by atoms with E-state index >= 15 is 0 Å². The molecule has 0 saturated heterocycles. The molecule has 0 aliphatic carbocycles. The molecule has 2 aromatic carbocycles. The Morgan fingerprint density at radius 2 is 1.84 bits per heavy atom. The van der Waals surface area contributed by atoms with Crippen molar-refractivity contribution in [1.82, 2.24) is 34.7 Å². The molecule has 5 aromatic rings. The molecule has 1 N–H and O–H groups in total. The van der Waals surface area contributed by atoms with Gasteiger partial charge in [0, 0.05) is 35.9 Å². The Kier molecular flexibility index (Phi) is 11.9. The van der Waals surface area contributed by atoms with E-state index in [9.17, 15) is 9.59 Å². The molecule has 0 saturated carbocycles. The molecule has 0 aliphatic rings. The minimum Gasteiger partial charge on any atom is -0.425 e. The number of H-pyrrole nitrogens is 1. The zero-order chi connectivity index (χ0) is 30.5. The summed E-state index contributed by atoms with van der Waals surface area (Å²) in [5, 5.41) is 15.6. The molecule has 3 heterocycles. The summed E-state index contributed by atoms with van der Waals surface area (Å²) in [6, 6.07) is 15.9. The fourth-order valence-corrected chi connectivity index (χ4v) is 5.20. The van der Waals surface area contributed by atoms with Crippen molar-refractivity contribution in [2.75, 3.05) is 0 Å². The predicted molar refractivity (Wildman–Crippen MR) is 162 cm³/mol. The third-order valence-electron chi connectivity index (χ3n) is 7.16. The van der Waals surface area contributed by atoms with Gasteiger partial charge < -0.3 is 18.6 Å². The summed E-state index contributed by atoms with van der Waals surface area (Å²) >= 11 is 6.59. The van der Waals surface area contributed by atoms with Crippen LogP contribution in [0.4, 0.5) is 0 Å². The second-order valence-electron chi connectivity index (χ2n) is 10.5. The summed E-state index contributed by atoms with van der Waals surface area (Å²) in [5.74, 6) is -0.217. The number of benzene rings is 2. The molecule has 13 heteroatoms. The number of tetrazole rings is 1. The number of aryl methyl sites for hydroxylation is 1. The monoisotopic (exact) mass is 642 g/mol. The first-order chi connectivity index (χ1) is 20.8. The maximum atomic E-state index is 13.6. The van der Waals surface area contributed by atoms with Gasteiger partial charge in [-0.3, -0.25) is 4.79 Å². The van der Waals surface area contributed by atoms with Gasteiger partial charge in [-0.05, 0) is 41.5 Å². The SMILES string of the molecule is CCCCc1nc(Cl)c(C(=O)OC(OC(=O)CC)C(C)C)n1Cc1cccc2c1ccn2-c1ccccc1-c1nn[nH]n1.[K+]. The van der Waals surface area contributed by atoms with Crippen molar-refractivity contribution >= 4 is 34.4 Å². The van der Waals surface area contributed by atoms with Gasteiger partial charge in [-0.2, -0.15) is 5.21 Å². The van der Waals surface area contributed by atoms with Crippen LogP contribution in [0.25, 0.3) is 28.0 Å². The quantitative estimate of drug-likeness (QED) is 0.125. The van der Waals surface area contributed by atoms with E-state index in [0.717, 1.165) is 40.6 Å². The van der Waals surface area contributed by atoms with Crippen molar-refractivity contribution in [2.24, 2.45) is 5.92 Å². The number of carbonyl (C=O) groups is 2. The van der Waals surface area contributed by atoms with E-state index in [1.807, 2.05) is 73.1 Å². The van der Waals surface area contributed by atoms with Gasteiger partial charge in [0.1, 0.15) is 5.82 Å². The van der Waals surface area contributed by atoms with Gasteiger partial charge in [0.2, 0.25) is 12.1 Å². The molecule has 0 radical (unpaired) electrons. The molecule has 0 spiro atoms. The Hall–Kier alpha value is -2.87. The van der Waals surface area contributed by atoms with Crippen LogP contribution < -0.4 is 51.4 Å². The molecule has 3 aromatic heterocycles. The number of unbranched alkanes of at least 4 members (excludes halogenated alkanes) is 1. The van der Waals surface area contributed by atoms with Gasteiger partial charge in [-0.25, -0.2) is 9.78 Å². The summed E-state index contributed by atoms with van der Waals surface area (Å²) in [4.78, 5) is 30.1. The van der Waals surface area contributed by atoms with Crippen LogP contribution in [0.2, 0.25) is 5.15 Å². The van der Waals surface area contributed by atoms with Crippen molar-refractivity contribution < 1.29 is 70.4 Å². The van der Waals surface area contributed by atoms with Gasteiger partial charge >= 0.3 is 63.3 Å².